The topological polar surface area (TPSA) is 57.1 Å². The van der Waals surface area contributed by atoms with Gasteiger partial charge < -0.3 is 9.47 Å². The molecular formula is C5H8ClN3O2. The summed E-state index contributed by atoms with van der Waals surface area (Å²) in [6.45, 7) is 0. The van der Waals surface area contributed by atoms with E-state index in [0.717, 1.165) is 0 Å². The maximum Gasteiger partial charge on any atom is 0.279 e. The van der Waals surface area contributed by atoms with Gasteiger partial charge in [0.25, 0.3) is 5.88 Å². The van der Waals surface area contributed by atoms with Crippen molar-refractivity contribution in [3.63, 3.8) is 0 Å². The molecule has 0 saturated carbocycles. The molecule has 0 aliphatic carbocycles. The van der Waals surface area contributed by atoms with Crippen LogP contribution in [0.15, 0.2) is 6.20 Å². The molecule has 0 unspecified atom stereocenters. The molecule has 11 heavy (non-hydrogen) atoms. The van der Waals surface area contributed by atoms with Gasteiger partial charge >= 0.3 is 0 Å². The molecule has 0 aliphatic rings. The van der Waals surface area contributed by atoms with Crippen LogP contribution in [-0.2, 0) is 0 Å². The van der Waals surface area contributed by atoms with E-state index in [1.54, 1.807) is 0 Å². The Morgan fingerprint density at radius 3 is 2.45 bits per heavy atom. The first kappa shape index (κ1) is 9.90. The van der Waals surface area contributed by atoms with Crippen molar-refractivity contribution >= 4 is 12.4 Å². The van der Waals surface area contributed by atoms with Crippen LogP contribution >= 0.6 is 12.4 Å². The van der Waals surface area contributed by atoms with Gasteiger partial charge in [-0.05, 0) is 5.21 Å². The smallest absolute Gasteiger partial charge is 0.279 e. The zero-order chi connectivity index (χ0) is 7.40. The van der Waals surface area contributed by atoms with Crippen LogP contribution < -0.4 is 9.47 Å². The summed E-state index contributed by atoms with van der Waals surface area (Å²) in [5, 5.41) is 10.4. The third-order valence-electron chi connectivity index (χ3n) is 0.986. The Kier molecular flexibility index (Phi) is 4.21. The molecule has 0 atom stereocenters. The first-order valence-corrected chi connectivity index (χ1v) is 2.65. The van der Waals surface area contributed by atoms with E-state index in [0.29, 0.717) is 11.6 Å². The van der Waals surface area contributed by atoms with Crippen LogP contribution in [0.4, 0.5) is 0 Å². The van der Waals surface area contributed by atoms with Crippen LogP contribution in [0.1, 0.15) is 0 Å². The minimum absolute atomic E-state index is 0. The summed E-state index contributed by atoms with van der Waals surface area (Å²) in [7, 11) is 3.01. The Bertz CT molecular complexity index is 198. The lowest BCUT2D eigenvalue weighted by atomic mass is 10.6. The van der Waals surface area contributed by atoms with Crippen molar-refractivity contribution < 1.29 is 9.47 Å². The van der Waals surface area contributed by atoms with E-state index in [2.05, 4.69) is 15.4 Å². The second-order valence-corrected chi connectivity index (χ2v) is 1.51. The molecule has 0 saturated heterocycles. The van der Waals surface area contributed by atoms with E-state index in [1.807, 2.05) is 0 Å². The van der Waals surface area contributed by atoms with Crippen molar-refractivity contribution in [3.8, 4) is 11.6 Å². The zero-order valence-corrected chi connectivity index (χ0v) is 6.96. The number of rotatable bonds is 2. The lowest BCUT2D eigenvalue weighted by Gasteiger charge is -2.01. The Labute approximate surface area is 70.1 Å². The standard InChI is InChI=1S/C5H7N3O2.ClH/c1-9-4-3-6-8-7-5(4)10-2;/h3H,1-2H3;1H. The number of hydrogen-bond acceptors (Lipinski definition) is 5. The van der Waals surface area contributed by atoms with Crippen LogP contribution in [0.25, 0.3) is 0 Å². The van der Waals surface area contributed by atoms with Crippen molar-refractivity contribution in [2.45, 2.75) is 0 Å². The molecular weight excluding hydrogens is 170 g/mol. The third kappa shape index (κ3) is 2.19. The first-order valence-electron chi connectivity index (χ1n) is 2.65. The molecule has 0 aliphatic heterocycles. The van der Waals surface area contributed by atoms with Gasteiger partial charge in [0.05, 0.1) is 20.4 Å². The summed E-state index contributed by atoms with van der Waals surface area (Å²) in [5.41, 5.74) is 0. The van der Waals surface area contributed by atoms with Crippen LogP contribution in [0.2, 0.25) is 0 Å². The molecule has 0 radical (unpaired) electrons. The maximum absolute atomic E-state index is 4.85. The van der Waals surface area contributed by atoms with Gasteiger partial charge in [-0.2, -0.15) is 0 Å². The number of aromatic nitrogens is 3. The largest absolute Gasteiger partial charge is 0.490 e. The summed E-state index contributed by atoms with van der Waals surface area (Å²) in [5.74, 6) is 0.829. The highest BCUT2D eigenvalue weighted by Crippen LogP contribution is 2.19. The second kappa shape index (κ2) is 4.68. The summed E-state index contributed by atoms with van der Waals surface area (Å²) < 4.78 is 9.64. The highest BCUT2D eigenvalue weighted by molar-refractivity contribution is 5.85. The number of hydrogen-bond donors (Lipinski definition) is 0. The van der Waals surface area contributed by atoms with Gasteiger partial charge in [0.15, 0.2) is 0 Å². The molecule has 0 amide bonds. The molecule has 1 aromatic heterocycles. The van der Waals surface area contributed by atoms with Crippen molar-refractivity contribution in [2.24, 2.45) is 0 Å². The fraction of sp³-hybridized carbons (Fsp3) is 0.400. The van der Waals surface area contributed by atoms with E-state index >= 15 is 0 Å². The minimum Gasteiger partial charge on any atom is -0.490 e. The summed E-state index contributed by atoms with van der Waals surface area (Å²) in [6, 6.07) is 0. The molecule has 1 rings (SSSR count). The minimum atomic E-state index is 0. The number of halogens is 1. The monoisotopic (exact) mass is 177 g/mol. The zero-order valence-electron chi connectivity index (χ0n) is 6.14. The average Bonchev–Trinajstić information content (AvgIpc) is 2.04. The molecule has 62 valence electrons. The molecule has 5 nitrogen and oxygen atoms in total. The molecule has 6 heteroatoms. The Balaban J connectivity index is 0.000001000. The van der Waals surface area contributed by atoms with Crippen molar-refractivity contribution in [2.75, 3.05) is 14.2 Å². The van der Waals surface area contributed by atoms with Gasteiger partial charge in [-0.15, -0.1) is 17.5 Å². The number of methoxy groups -OCH3 is 2. The predicted octanol–water partition coefficient (Wildman–Crippen LogP) is 0.311. The molecule has 1 aromatic rings. The van der Waals surface area contributed by atoms with Crippen molar-refractivity contribution in [1.82, 2.24) is 15.4 Å². The van der Waals surface area contributed by atoms with E-state index in [4.69, 9.17) is 9.47 Å². The van der Waals surface area contributed by atoms with E-state index in [1.165, 1.54) is 20.4 Å². The highest BCUT2D eigenvalue weighted by Gasteiger charge is 2.02. The van der Waals surface area contributed by atoms with Crippen LogP contribution in [-0.4, -0.2) is 29.6 Å². The maximum atomic E-state index is 4.85. The lowest BCUT2D eigenvalue weighted by Crippen LogP contribution is -1.96. The lowest BCUT2D eigenvalue weighted by molar-refractivity contribution is 0.334. The van der Waals surface area contributed by atoms with E-state index in [9.17, 15) is 0 Å². The normalized spacial score (nSPS) is 8.18. The van der Waals surface area contributed by atoms with Gasteiger partial charge in [-0.25, -0.2) is 0 Å². The summed E-state index contributed by atoms with van der Waals surface area (Å²) in [4.78, 5) is 0. The van der Waals surface area contributed by atoms with Gasteiger partial charge in [-0.1, -0.05) is 5.10 Å². The quantitative estimate of drug-likeness (QED) is 0.651. The van der Waals surface area contributed by atoms with Crippen LogP contribution in [0, 0.1) is 0 Å². The highest BCUT2D eigenvalue weighted by atomic mass is 35.5. The first-order chi connectivity index (χ1) is 4.88. The van der Waals surface area contributed by atoms with E-state index in [-0.39, 0.29) is 12.4 Å². The molecule has 0 fully saturated rings. The predicted molar refractivity (Wildman–Crippen MR) is 40.2 cm³/mol. The summed E-state index contributed by atoms with van der Waals surface area (Å²) in [6.07, 6.45) is 1.44. The SMILES string of the molecule is COc1cnnnc1OC.Cl. The van der Waals surface area contributed by atoms with Crippen LogP contribution in [0.3, 0.4) is 0 Å². The Morgan fingerprint density at radius 1 is 1.27 bits per heavy atom. The van der Waals surface area contributed by atoms with Crippen LogP contribution in [0.5, 0.6) is 11.6 Å². The van der Waals surface area contributed by atoms with Crippen molar-refractivity contribution in [1.29, 1.82) is 0 Å². The number of nitrogens with zero attached hydrogens (tertiary/aromatic N) is 3. The van der Waals surface area contributed by atoms with Gasteiger partial charge in [0, 0.05) is 0 Å². The van der Waals surface area contributed by atoms with E-state index < -0.39 is 0 Å². The molecule has 0 spiro atoms. The van der Waals surface area contributed by atoms with Gasteiger partial charge in [0.2, 0.25) is 5.75 Å². The fourth-order valence-corrected chi connectivity index (χ4v) is 0.531. The molecule has 0 aromatic carbocycles. The van der Waals surface area contributed by atoms with Gasteiger partial charge in [-0.3, -0.25) is 0 Å². The molecule has 1 heterocycles. The fourth-order valence-electron chi connectivity index (χ4n) is 0.531. The summed E-state index contributed by atoms with van der Waals surface area (Å²) >= 11 is 0. The third-order valence-corrected chi connectivity index (χ3v) is 0.986. The Hall–Kier alpha value is -1.10. The number of ether oxygens (including phenoxy) is 2. The molecule has 0 bridgehead atoms. The second-order valence-electron chi connectivity index (χ2n) is 1.51. The molecule has 0 N–H and O–H groups in total. The average molecular weight is 178 g/mol. The van der Waals surface area contributed by atoms with Gasteiger partial charge in [0.1, 0.15) is 0 Å². The van der Waals surface area contributed by atoms with Crippen molar-refractivity contribution in [3.05, 3.63) is 6.20 Å². The Morgan fingerprint density at radius 2 is 2.00 bits per heavy atom.